The van der Waals surface area contributed by atoms with Crippen LogP contribution in [-0.4, -0.2) is 26.4 Å². The standard InChI is InChI=1S/C10H13BrO2S2/c1-12-6-13-10-8(14-2)4-7(11)5-9(10)15-3/h4-5H,6H2,1-3H3. The molecule has 1 rings (SSSR count). The number of hydrogen-bond acceptors (Lipinski definition) is 4. The zero-order chi connectivity index (χ0) is 11.3. The van der Waals surface area contributed by atoms with Gasteiger partial charge in [-0.15, -0.1) is 23.5 Å². The molecule has 0 heterocycles. The fourth-order valence-corrected chi connectivity index (χ4v) is 3.13. The van der Waals surface area contributed by atoms with Crippen molar-refractivity contribution in [2.24, 2.45) is 0 Å². The molecular weight excluding hydrogens is 296 g/mol. The quantitative estimate of drug-likeness (QED) is 0.607. The minimum absolute atomic E-state index is 0.281. The second-order valence-electron chi connectivity index (χ2n) is 2.69. The first-order valence-corrected chi connectivity index (χ1v) is 7.50. The van der Waals surface area contributed by atoms with Crippen LogP contribution in [0.25, 0.3) is 0 Å². The monoisotopic (exact) mass is 308 g/mol. The van der Waals surface area contributed by atoms with Crippen LogP contribution in [0.15, 0.2) is 26.4 Å². The maximum absolute atomic E-state index is 5.57. The van der Waals surface area contributed by atoms with Crippen LogP contribution < -0.4 is 4.74 Å². The summed E-state index contributed by atoms with van der Waals surface area (Å²) in [7, 11) is 1.62. The largest absolute Gasteiger partial charge is 0.465 e. The fourth-order valence-electron chi connectivity index (χ4n) is 1.11. The Morgan fingerprint density at radius 3 is 2.13 bits per heavy atom. The number of rotatable bonds is 5. The molecule has 1 aromatic rings. The Kier molecular flexibility index (Phi) is 5.89. The first kappa shape index (κ1) is 13.2. The molecule has 15 heavy (non-hydrogen) atoms. The van der Waals surface area contributed by atoms with Crippen LogP contribution in [0.4, 0.5) is 0 Å². The Balaban J connectivity index is 3.06. The van der Waals surface area contributed by atoms with Crippen molar-refractivity contribution in [3.05, 3.63) is 16.6 Å². The van der Waals surface area contributed by atoms with E-state index in [0.717, 1.165) is 20.0 Å². The van der Waals surface area contributed by atoms with E-state index in [4.69, 9.17) is 9.47 Å². The zero-order valence-corrected chi connectivity index (χ0v) is 12.1. The van der Waals surface area contributed by atoms with E-state index in [9.17, 15) is 0 Å². The molecule has 0 aliphatic rings. The summed E-state index contributed by atoms with van der Waals surface area (Å²) < 4.78 is 11.6. The SMILES string of the molecule is COCOc1c(SC)cc(Br)cc1SC. The normalized spacial score (nSPS) is 10.4. The lowest BCUT2D eigenvalue weighted by molar-refractivity contribution is 0.0470. The van der Waals surface area contributed by atoms with Gasteiger partial charge in [-0.05, 0) is 24.6 Å². The van der Waals surface area contributed by atoms with E-state index in [1.807, 2.05) is 12.5 Å². The molecule has 1 aromatic carbocycles. The van der Waals surface area contributed by atoms with Gasteiger partial charge in [-0.2, -0.15) is 0 Å². The van der Waals surface area contributed by atoms with Crippen LogP contribution in [-0.2, 0) is 4.74 Å². The van der Waals surface area contributed by atoms with Crippen LogP contribution in [0.2, 0.25) is 0 Å². The van der Waals surface area contributed by atoms with Gasteiger partial charge in [-0.25, -0.2) is 0 Å². The summed E-state index contributed by atoms with van der Waals surface area (Å²) >= 11 is 6.81. The maximum atomic E-state index is 5.57. The molecule has 0 fully saturated rings. The van der Waals surface area contributed by atoms with Gasteiger partial charge in [0.25, 0.3) is 0 Å². The highest BCUT2D eigenvalue weighted by Gasteiger charge is 2.10. The highest BCUT2D eigenvalue weighted by atomic mass is 79.9. The molecule has 0 aromatic heterocycles. The number of hydrogen-bond donors (Lipinski definition) is 0. The average molecular weight is 309 g/mol. The number of benzene rings is 1. The van der Waals surface area contributed by atoms with Gasteiger partial charge in [0.15, 0.2) is 6.79 Å². The summed E-state index contributed by atoms with van der Waals surface area (Å²) in [4.78, 5) is 2.23. The van der Waals surface area contributed by atoms with Crippen molar-refractivity contribution in [3.8, 4) is 5.75 Å². The molecule has 0 bridgehead atoms. The molecular formula is C10H13BrO2S2. The Morgan fingerprint density at radius 1 is 1.20 bits per heavy atom. The van der Waals surface area contributed by atoms with Gasteiger partial charge in [0.1, 0.15) is 5.75 Å². The molecule has 0 aliphatic heterocycles. The minimum atomic E-state index is 0.281. The van der Waals surface area contributed by atoms with Crippen molar-refractivity contribution >= 4 is 39.5 Å². The molecule has 0 aliphatic carbocycles. The summed E-state index contributed by atoms with van der Waals surface area (Å²) in [5, 5.41) is 0. The van der Waals surface area contributed by atoms with Crippen LogP contribution in [0.5, 0.6) is 5.75 Å². The summed E-state index contributed by atoms with van der Waals surface area (Å²) in [6, 6.07) is 4.10. The van der Waals surface area contributed by atoms with Gasteiger partial charge in [-0.3, -0.25) is 0 Å². The van der Waals surface area contributed by atoms with E-state index in [1.165, 1.54) is 0 Å². The number of halogens is 1. The van der Waals surface area contributed by atoms with Gasteiger partial charge >= 0.3 is 0 Å². The van der Waals surface area contributed by atoms with E-state index in [-0.39, 0.29) is 6.79 Å². The van der Waals surface area contributed by atoms with Crippen molar-refractivity contribution in [3.63, 3.8) is 0 Å². The molecule has 0 radical (unpaired) electrons. The lowest BCUT2D eigenvalue weighted by Gasteiger charge is -2.13. The van der Waals surface area contributed by atoms with Crippen molar-refractivity contribution in [1.29, 1.82) is 0 Å². The smallest absolute Gasteiger partial charge is 0.188 e. The van der Waals surface area contributed by atoms with Crippen molar-refractivity contribution in [2.75, 3.05) is 26.4 Å². The highest BCUT2D eigenvalue weighted by molar-refractivity contribution is 9.10. The predicted octanol–water partition coefficient (Wildman–Crippen LogP) is 3.88. The van der Waals surface area contributed by atoms with Crippen molar-refractivity contribution in [2.45, 2.75) is 9.79 Å². The predicted molar refractivity (Wildman–Crippen MR) is 70.2 cm³/mol. The lowest BCUT2D eigenvalue weighted by atomic mass is 10.3. The third kappa shape index (κ3) is 3.59. The van der Waals surface area contributed by atoms with Crippen LogP contribution in [0.3, 0.4) is 0 Å². The number of thioether (sulfide) groups is 2. The number of methoxy groups -OCH3 is 1. The first-order valence-electron chi connectivity index (χ1n) is 4.26. The summed E-state index contributed by atoms with van der Waals surface area (Å²) in [6.07, 6.45) is 4.07. The molecule has 2 nitrogen and oxygen atoms in total. The Bertz CT molecular complexity index is 306. The molecule has 0 N–H and O–H groups in total. The van der Waals surface area contributed by atoms with Crippen LogP contribution in [0.1, 0.15) is 0 Å². The molecule has 0 unspecified atom stereocenters. The zero-order valence-electron chi connectivity index (χ0n) is 8.87. The van der Waals surface area contributed by atoms with Gasteiger partial charge < -0.3 is 9.47 Å². The third-order valence-electron chi connectivity index (χ3n) is 1.75. The van der Waals surface area contributed by atoms with Crippen molar-refractivity contribution < 1.29 is 9.47 Å². The van der Waals surface area contributed by atoms with E-state index < -0.39 is 0 Å². The minimum Gasteiger partial charge on any atom is -0.465 e. The van der Waals surface area contributed by atoms with Crippen LogP contribution >= 0.6 is 39.5 Å². The second-order valence-corrected chi connectivity index (χ2v) is 5.30. The maximum Gasteiger partial charge on any atom is 0.188 e. The van der Waals surface area contributed by atoms with E-state index >= 15 is 0 Å². The van der Waals surface area contributed by atoms with Gasteiger partial charge in [-0.1, -0.05) is 15.9 Å². The number of ether oxygens (including phenoxy) is 2. The average Bonchev–Trinajstić information content (AvgIpc) is 2.26. The summed E-state index contributed by atoms with van der Waals surface area (Å²) in [6.45, 7) is 0.281. The lowest BCUT2D eigenvalue weighted by Crippen LogP contribution is -2.01. The Hall–Kier alpha value is 0.160. The Labute approximate surface area is 107 Å². The Morgan fingerprint density at radius 2 is 1.73 bits per heavy atom. The molecule has 0 amide bonds. The third-order valence-corrected chi connectivity index (χ3v) is 3.69. The molecule has 0 spiro atoms. The fraction of sp³-hybridized carbons (Fsp3) is 0.400. The molecule has 84 valence electrons. The molecule has 0 atom stereocenters. The molecule has 5 heteroatoms. The van der Waals surface area contributed by atoms with E-state index in [2.05, 4.69) is 28.1 Å². The first-order chi connectivity index (χ1) is 7.22. The van der Waals surface area contributed by atoms with Crippen LogP contribution in [0, 0.1) is 0 Å². The topological polar surface area (TPSA) is 18.5 Å². The van der Waals surface area contributed by atoms with E-state index in [0.29, 0.717) is 0 Å². The molecule has 0 saturated heterocycles. The van der Waals surface area contributed by atoms with Gasteiger partial charge in [0.2, 0.25) is 0 Å². The second kappa shape index (κ2) is 6.68. The summed E-state index contributed by atoms with van der Waals surface area (Å²) in [5.41, 5.74) is 0. The van der Waals surface area contributed by atoms with Gasteiger partial charge in [0.05, 0.1) is 9.79 Å². The molecule has 0 saturated carbocycles. The van der Waals surface area contributed by atoms with Crippen molar-refractivity contribution in [1.82, 2.24) is 0 Å². The van der Waals surface area contributed by atoms with Gasteiger partial charge in [0, 0.05) is 11.6 Å². The van der Waals surface area contributed by atoms with E-state index in [1.54, 1.807) is 30.6 Å². The summed E-state index contributed by atoms with van der Waals surface area (Å²) in [5.74, 6) is 0.903. The highest BCUT2D eigenvalue weighted by Crippen LogP contribution is 2.39.